The highest BCUT2D eigenvalue weighted by Gasteiger charge is 2.30. The van der Waals surface area contributed by atoms with E-state index in [0.29, 0.717) is 31.1 Å². The normalized spacial score (nSPS) is 15.2. The molecule has 0 unspecified atom stereocenters. The third kappa shape index (κ3) is 4.09. The Hall–Kier alpha value is -3.30. The number of rotatable bonds is 6. The molecule has 0 amide bonds. The highest BCUT2D eigenvalue weighted by molar-refractivity contribution is 7.89. The number of aromatic nitrogens is 4. The Kier molecular flexibility index (Phi) is 5.82. The van der Waals surface area contributed by atoms with Crippen molar-refractivity contribution in [2.45, 2.75) is 24.7 Å². The number of para-hydroxylation sites is 1. The molecule has 2 aromatic heterocycles. The lowest BCUT2D eigenvalue weighted by Crippen LogP contribution is -2.49. The van der Waals surface area contributed by atoms with Gasteiger partial charge < -0.3 is 4.90 Å². The minimum absolute atomic E-state index is 0.331. The predicted molar refractivity (Wildman–Crippen MR) is 128 cm³/mol. The zero-order valence-electron chi connectivity index (χ0n) is 18.5. The zero-order chi connectivity index (χ0) is 22.8. The fourth-order valence-corrected chi connectivity index (χ4v) is 5.60. The van der Waals surface area contributed by atoms with Crippen LogP contribution < -0.4 is 4.90 Å². The van der Waals surface area contributed by atoms with Crippen molar-refractivity contribution in [1.29, 1.82) is 0 Å². The molecule has 1 aliphatic heterocycles. The summed E-state index contributed by atoms with van der Waals surface area (Å²) in [7, 11) is -3.50. The molecule has 0 bridgehead atoms. The van der Waals surface area contributed by atoms with Crippen molar-refractivity contribution in [3.8, 4) is 5.69 Å². The van der Waals surface area contributed by atoms with Crippen LogP contribution in [0.2, 0.25) is 0 Å². The third-order valence-electron chi connectivity index (χ3n) is 5.85. The van der Waals surface area contributed by atoms with Crippen molar-refractivity contribution in [3.05, 3.63) is 72.7 Å². The monoisotopic (exact) mass is 462 g/mol. The highest BCUT2D eigenvalue weighted by Crippen LogP contribution is 2.28. The third-order valence-corrected chi connectivity index (χ3v) is 7.76. The molecule has 0 aliphatic carbocycles. The predicted octanol–water partition coefficient (Wildman–Crippen LogP) is 3.28. The molecule has 2 aromatic carbocycles. The standard InChI is InChI=1S/C24H26N6O2S/c1-2-9-22-26-23(21-18-25-30(24(21)27-22)19-10-5-3-6-11-19)28-14-16-29(17-15-28)33(31,32)20-12-7-4-8-13-20/h3-8,10-13,18H,2,9,14-17H2,1H3. The van der Waals surface area contributed by atoms with E-state index in [1.807, 2.05) is 41.1 Å². The first-order chi connectivity index (χ1) is 16.1. The van der Waals surface area contributed by atoms with Crippen LogP contribution in [-0.4, -0.2) is 58.7 Å². The summed E-state index contributed by atoms with van der Waals surface area (Å²) >= 11 is 0. The van der Waals surface area contributed by atoms with E-state index >= 15 is 0 Å². The number of aryl methyl sites for hydroxylation is 1. The van der Waals surface area contributed by atoms with E-state index in [-0.39, 0.29) is 0 Å². The van der Waals surface area contributed by atoms with Gasteiger partial charge >= 0.3 is 0 Å². The van der Waals surface area contributed by atoms with Gasteiger partial charge in [0.15, 0.2) is 5.65 Å². The Morgan fingerprint density at radius 3 is 2.21 bits per heavy atom. The van der Waals surface area contributed by atoms with E-state index in [2.05, 4.69) is 16.9 Å². The number of nitrogens with zero attached hydrogens (tertiary/aromatic N) is 6. The molecular formula is C24H26N6O2S. The van der Waals surface area contributed by atoms with E-state index in [0.717, 1.165) is 41.2 Å². The molecule has 1 fully saturated rings. The number of piperazine rings is 1. The fourth-order valence-electron chi connectivity index (χ4n) is 4.15. The molecule has 9 heteroatoms. The van der Waals surface area contributed by atoms with Gasteiger partial charge in [0, 0.05) is 32.6 Å². The maximum Gasteiger partial charge on any atom is 0.243 e. The summed E-state index contributed by atoms with van der Waals surface area (Å²) in [6.45, 7) is 4.02. The van der Waals surface area contributed by atoms with Crippen LogP contribution in [0.5, 0.6) is 0 Å². The van der Waals surface area contributed by atoms with Gasteiger partial charge in [0.25, 0.3) is 0 Å². The molecule has 0 saturated carbocycles. The second-order valence-electron chi connectivity index (χ2n) is 8.05. The van der Waals surface area contributed by atoms with Crippen molar-refractivity contribution >= 4 is 26.9 Å². The first kappa shape index (κ1) is 21.5. The Balaban J connectivity index is 1.46. The van der Waals surface area contributed by atoms with Gasteiger partial charge in [0.05, 0.1) is 22.2 Å². The van der Waals surface area contributed by atoms with E-state index in [1.54, 1.807) is 34.8 Å². The van der Waals surface area contributed by atoms with Crippen LogP contribution in [0.25, 0.3) is 16.7 Å². The number of fused-ring (bicyclic) bond motifs is 1. The van der Waals surface area contributed by atoms with Crippen LogP contribution in [0.15, 0.2) is 71.8 Å². The first-order valence-corrected chi connectivity index (χ1v) is 12.6. The number of hydrogen-bond donors (Lipinski definition) is 0. The maximum absolute atomic E-state index is 13.0. The smallest absolute Gasteiger partial charge is 0.243 e. The van der Waals surface area contributed by atoms with Gasteiger partial charge in [0.1, 0.15) is 11.6 Å². The van der Waals surface area contributed by atoms with Gasteiger partial charge in [-0.1, -0.05) is 43.3 Å². The van der Waals surface area contributed by atoms with E-state index in [1.165, 1.54) is 0 Å². The number of benzene rings is 2. The summed E-state index contributed by atoms with van der Waals surface area (Å²) in [5.74, 6) is 1.60. The van der Waals surface area contributed by atoms with Crippen molar-refractivity contribution in [3.63, 3.8) is 0 Å². The van der Waals surface area contributed by atoms with E-state index in [9.17, 15) is 8.42 Å². The first-order valence-electron chi connectivity index (χ1n) is 11.2. The van der Waals surface area contributed by atoms with Crippen LogP contribution in [0, 0.1) is 0 Å². The second-order valence-corrected chi connectivity index (χ2v) is 9.98. The molecule has 0 atom stereocenters. The molecule has 170 valence electrons. The lowest BCUT2D eigenvalue weighted by atomic mass is 10.2. The van der Waals surface area contributed by atoms with Gasteiger partial charge in [-0.25, -0.2) is 23.1 Å². The molecule has 1 aliphatic rings. The summed E-state index contributed by atoms with van der Waals surface area (Å²) < 4.78 is 29.4. The molecule has 3 heterocycles. The van der Waals surface area contributed by atoms with Crippen molar-refractivity contribution < 1.29 is 8.42 Å². The molecule has 0 spiro atoms. The van der Waals surface area contributed by atoms with Crippen LogP contribution >= 0.6 is 0 Å². The summed E-state index contributed by atoms with van der Waals surface area (Å²) in [6, 6.07) is 18.5. The highest BCUT2D eigenvalue weighted by atomic mass is 32.2. The average Bonchev–Trinajstić information content (AvgIpc) is 3.29. The van der Waals surface area contributed by atoms with E-state index in [4.69, 9.17) is 9.97 Å². The summed E-state index contributed by atoms with van der Waals surface area (Å²) in [4.78, 5) is 12.1. The van der Waals surface area contributed by atoms with Crippen molar-refractivity contribution in [2.24, 2.45) is 0 Å². The number of sulfonamides is 1. The van der Waals surface area contributed by atoms with Crippen molar-refractivity contribution in [1.82, 2.24) is 24.1 Å². The minimum atomic E-state index is -3.50. The van der Waals surface area contributed by atoms with Gasteiger partial charge in [-0.15, -0.1) is 0 Å². The average molecular weight is 463 g/mol. The Bertz CT molecular complexity index is 1350. The molecule has 0 radical (unpaired) electrons. The van der Waals surface area contributed by atoms with E-state index < -0.39 is 10.0 Å². The largest absolute Gasteiger partial charge is 0.353 e. The second kappa shape index (κ2) is 8.92. The Morgan fingerprint density at radius 2 is 1.55 bits per heavy atom. The quantitative estimate of drug-likeness (QED) is 0.437. The molecular weight excluding hydrogens is 436 g/mol. The topological polar surface area (TPSA) is 84.2 Å². The Labute approximate surface area is 193 Å². The molecule has 8 nitrogen and oxygen atoms in total. The Morgan fingerprint density at radius 1 is 0.879 bits per heavy atom. The van der Waals surface area contributed by atoms with Crippen LogP contribution in [0.3, 0.4) is 0 Å². The van der Waals surface area contributed by atoms with Gasteiger partial charge in [-0.05, 0) is 30.7 Å². The molecule has 1 saturated heterocycles. The lowest BCUT2D eigenvalue weighted by Gasteiger charge is -2.35. The molecule has 33 heavy (non-hydrogen) atoms. The summed E-state index contributed by atoms with van der Waals surface area (Å²) in [5.41, 5.74) is 1.72. The lowest BCUT2D eigenvalue weighted by molar-refractivity contribution is 0.384. The molecule has 4 aromatic rings. The summed E-state index contributed by atoms with van der Waals surface area (Å²) in [5, 5.41) is 5.47. The van der Waals surface area contributed by atoms with Crippen LogP contribution in [0.4, 0.5) is 5.82 Å². The molecule has 5 rings (SSSR count). The van der Waals surface area contributed by atoms with Crippen LogP contribution in [0.1, 0.15) is 19.2 Å². The van der Waals surface area contributed by atoms with Gasteiger partial charge in [-0.2, -0.15) is 9.40 Å². The van der Waals surface area contributed by atoms with Crippen LogP contribution in [-0.2, 0) is 16.4 Å². The summed E-state index contributed by atoms with van der Waals surface area (Å²) in [6.07, 6.45) is 3.51. The minimum Gasteiger partial charge on any atom is -0.353 e. The maximum atomic E-state index is 13.0. The SMILES string of the molecule is CCCc1nc(N2CCN(S(=O)(=O)c3ccccc3)CC2)c2cnn(-c3ccccc3)c2n1. The van der Waals surface area contributed by atoms with Gasteiger partial charge in [-0.3, -0.25) is 0 Å². The zero-order valence-corrected chi connectivity index (χ0v) is 19.3. The van der Waals surface area contributed by atoms with Crippen molar-refractivity contribution in [2.75, 3.05) is 31.1 Å². The van der Waals surface area contributed by atoms with Gasteiger partial charge in [0.2, 0.25) is 10.0 Å². The fraction of sp³-hybridized carbons (Fsp3) is 0.292. The molecule has 0 N–H and O–H groups in total. The number of anilines is 1. The number of hydrogen-bond acceptors (Lipinski definition) is 6.